The first kappa shape index (κ1) is 16.4. The largest absolute Gasteiger partial charge is 0.294 e. The van der Waals surface area contributed by atoms with Crippen LogP contribution in [0.15, 0.2) is 48.5 Å². The van der Waals surface area contributed by atoms with Crippen LogP contribution in [0.1, 0.15) is 11.8 Å². The van der Waals surface area contributed by atoms with Crippen molar-refractivity contribution >= 4 is 61.6 Å². The summed E-state index contributed by atoms with van der Waals surface area (Å²) < 4.78 is 28.6. The quantitative estimate of drug-likeness (QED) is 0.757. The second kappa shape index (κ2) is 6.60. The Balaban J connectivity index is 1.97. The summed E-state index contributed by atoms with van der Waals surface area (Å²) >= 11 is 3.72. The number of likely N-dealkylation sites (N-methyl/N-ethyl adjacent to an activating group) is 1. The number of amidine groups is 1. The molecule has 23 heavy (non-hydrogen) atoms. The van der Waals surface area contributed by atoms with E-state index < -0.39 is 10.0 Å². The predicted octanol–water partition coefficient (Wildman–Crippen LogP) is 3.49. The van der Waals surface area contributed by atoms with E-state index in [1.54, 1.807) is 24.4 Å². The van der Waals surface area contributed by atoms with Crippen molar-refractivity contribution in [2.24, 2.45) is 4.40 Å². The molecule has 2 aromatic rings. The molecular formula is C14H12N2O3S4. The molecule has 0 N–H and O–H groups in total. The number of nitrogens with zero attached hydrogens (tertiary/aromatic N) is 2. The van der Waals surface area contributed by atoms with E-state index in [0.29, 0.717) is 11.4 Å². The molecule has 0 radical (unpaired) electrons. The van der Waals surface area contributed by atoms with Gasteiger partial charge in [-0.3, -0.25) is 9.69 Å². The van der Waals surface area contributed by atoms with Gasteiger partial charge >= 0.3 is 0 Å². The molecule has 120 valence electrons. The van der Waals surface area contributed by atoms with Crippen molar-refractivity contribution in [2.75, 3.05) is 6.54 Å². The monoisotopic (exact) mass is 384 g/mol. The van der Waals surface area contributed by atoms with Crippen LogP contribution in [0.4, 0.5) is 0 Å². The smallest absolute Gasteiger partial charge is 0.286 e. The Morgan fingerprint density at radius 2 is 1.96 bits per heavy atom. The third kappa shape index (κ3) is 3.42. The van der Waals surface area contributed by atoms with Gasteiger partial charge in [-0.1, -0.05) is 12.1 Å². The van der Waals surface area contributed by atoms with Crippen molar-refractivity contribution in [3.63, 3.8) is 0 Å². The highest BCUT2D eigenvalue weighted by Crippen LogP contribution is 2.34. The van der Waals surface area contributed by atoms with Gasteiger partial charge in [0.1, 0.15) is 4.21 Å². The molecule has 1 aliphatic heterocycles. The summed E-state index contributed by atoms with van der Waals surface area (Å²) in [4.78, 5) is 15.2. The minimum absolute atomic E-state index is 0.171. The number of amides is 1. The Bertz CT molecular complexity index is 865. The van der Waals surface area contributed by atoms with Crippen LogP contribution < -0.4 is 0 Å². The maximum absolute atomic E-state index is 12.4. The highest BCUT2D eigenvalue weighted by molar-refractivity contribution is 8.19. The number of thioether (sulfide) groups is 1. The lowest BCUT2D eigenvalue weighted by molar-refractivity contribution is -0.122. The van der Waals surface area contributed by atoms with E-state index in [-0.39, 0.29) is 15.3 Å². The summed E-state index contributed by atoms with van der Waals surface area (Å²) in [6.07, 6.45) is 1.76. The van der Waals surface area contributed by atoms with Crippen LogP contribution in [-0.2, 0) is 14.8 Å². The van der Waals surface area contributed by atoms with Crippen molar-refractivity contribution in [3.05, 3.63) is 44.8 Å². The van der Waals surface area contributed by atoms with Gasteiger partial charge in [0.15, 0.2) is 5.17 Å². The zero-order valence-electron chi connectivity index (χ0n) is 12.0. The van der Waals surface area contributed by atoms with Crippen LogP contribution in [0.5, 0.6) is 0 Å². The van der Waals surface area contributed by atoms with Crippen LogP contribution >= 0.6 is 34.4 Å². The van der Waals surface area contributed by atoms with E-state index in [2.05, 4.69) is 4.40 Å². The van der Waals surface area contributed by atoms with Crippen LogP contribution in [0.2, 0.25) is 0 Å². The topological polar surface area (TPSA) is 66.8 Å². The van der Waals surface area contributed by atoms with Crippen molar-refractivity contribution in [1.29, 1.82) is 0 Å². The van der Waals surface area contributed by atoms with Gasteiger partial charge in [0.25, 0.3) is 15.9 Å². The van der Waals surface area contributed by atoms with Gasteiger partial charge in [-0.2, -0.15) is 8.42 Å². The lowest BCUT2D eigenvalue weighted by atomic mass is 10.4. The predicted molar refractivity (Wildman–Crippen MR) is 96.2 cm³/mol. The molecule has 1 saturated heterocycles. The Labute approximate surface area is 146 Å². The Hall–Kier alpha value is -1.42. The van der Waals surface area contributed by atoms with Gasteiger partial charge in [0.2, 0.25) is 0 Å². The molecule has 0 unspecified atom stereocenters. The molecule has 0 saturated carbocycles. The maximum atomic E-state index is 12.4. The maximum Gasteiger partial charge on any atom is 0.294 e. The number of carbonyl (C=O) groups excluding carboxylic acids is 1. The highest BCUT2D eigenvalue weighted by Gasteiger charge is 2.34. The first-order valence-corrected chi connectivity index (χ1v) is 10.7. The van der Waals surface area contributed by atoms with Gasteiger partial charge < -0.3 is 0 Å². The average Bonchev–Trinajstić information content (AvgIpc) is 3.23. The van der Waals surface area contributed by atoms with Gasteiger partial charge in [0, 0.05) is 11.4 Å². The van der Waals surface area contributed by atoms with Crippen LogP contribution in [0.3, 0.4) is 0 Å². The second-order valence-electron chi connectivity index (χ2n) is 4.46. The highest BCUT2D eigenvalue weighted by atomic mass is 32.2. The van der Waals surface area contributed by atoms with Crippen molar-refractivity contribution in [1.82, 2.24) is 4.90 Å². The molecular weight excluding hydrogens is 372 g/mol. The fraction of sp³-hybridized carbons (Fsp3) is 0.143. The molecule has 9 heteroatoms. The minimum atomic E-state index is -3.79. The van der Waals surface area contributed by atoms with Gasteiger partial charge in [-0.15, -0.1) is 27.1 Å². The summed E-state index contributed by atoms with van der Waals surface area (Å²) in [6, 6.07) is 6.96. The first-order chi connectivity index (χ1) is 11.0. The minimum Gasteiger partial charge on any atom is -0.286 e. The molecule has 2 aromatic heterocycles. The normalized spacial score (nSPS) is 19.2. The van der Waals surface area contributed by atoms with E-state index >= 15 is 0 Å². The first-order valence-electron chi connectivity index (χ1n) is 6.64. The van der Waals surface area contributed by atoms with Crippen LogP contribution in [-0.4, -0.2) is 30.9 Å². The molecule has 1 aliphatic rings. The lowest BCUT2D eigenvalue weighted by Crippen LogP contribution is -2.29. The SMILES string of the molecule is CCN1C(=O)/C(=C\c2cccs2)S/C1=N\S(=O)(=O)c1cccs1. The van der Waals surface area contributed by atoms with Gasteiger partial charge in [-0.25, -0.2) is 0 Å². The number of hydrogen-bond donors (Lipinski definition) is 0. The molecule has 5 nitrogen and oxygen atoms in total. The van der Waals surface area contributed by atoms with Gasteiger partial charge in [-0.05, 0) is 47.7 Å². The molecule has 0 spiro atoms. The summed E-state index contributed by atoms with van der Waals surface area (Å²) in [5.74, 6) is -0.217. The van der Waals surface area contributed by atoms with E-state index in [9.17, 15) is 13.2 Å². The molecule has 1 fully saturated rings. The number of carbonyl (C=O) groups is 1. The summed E-state index contributed by atoms with van der Waals surface area (Å²) in [7, 11) is -3.79. The number of thiophene rings is 2. The van der Waals surface area contributed by atoms with E-state index in [1.165, 1.54) is 22.3 Å². The van der Waals surface area contributed by atoms with Crippen molar-refractivity contribution < 1.29 is 13.2 Å². The van der Waals surface area contributed by atoms with E-state index in [0.717, 1.165) is 28.0 Å². The van der Waals surface area contributed by atoms with Gasteiger partial charge in [0.05, 0.1) is 4.91 Å². The molecule has 0 atom stereocenters. The summed E-state index contributed by atoms with van der Waals surface area (Å²) in [5.41, 5.74) is 0. The summed E-state index contributed by atoms with van der Waals surface area (Å²) in [6.45, 7) is 2.16. The van der Waals surface area contributed by atoms with E-state index in [1.807, 2.05) is 17.5 Å². The molecule has 0 aromatic carbocycles. The average molecular weight is 385 g/mol. The van der Waals surface area contributed by atoms with Crippen LogP contribution in [0, 0.1) is 0 Å². The van der Waals surface area contributed by atoms with E-state index in [4.69, 9.17) is 0 Å². The lowest BCUT2D eigenvalue weighted by Gasteiger charge is -2.11. The Morgan fingerprint density at radius 1 is 1.22 bits per heavy atom. The fourth-order valence-corrected chi connectivity index (χ4v) is 5.85. The zero-order valence-corrected chi connectivity index (χ0v) is 15.3. The third-order valence-corrected chi connectivity index (χ3v) is 7.55. The standard InChI is InChI=1S/C14H12N2O3S4/c1-2-16-13(17)11(9-10-5-3-7-20-10)22-14(16)15-23(18,19)12-6-4-8-21-12/h3-9H,2H2,1H3/b11-9+,15-14-. The van der Waals surface area contributed by atoms with Crippen molar-refractivity contribution in [3.8, 4) is 0 Å². The number of hydrogen-bond acceptors (Lipinski definition) is 6. The number of sulfonamides is 1. The summed E-state index contributed by atoms with van der Waals surface area (Å²) in [5, 5.41) is 3.80. The molecule has 0 aliphatic carbocycles. The molecule has 0 bridgehead atoms. The van der Waals surface area contributed by atoms with Crippen molar-refractivity contribution in [2.45, 2.75) is 11.1 Å². The third-order valence-electron chi connectivity index (χ3n) is 2.97. The zero-order chi connectivity index (χ0) is 16.4. The Kier molecular flexibility index (Phi) is 4.72. The molecule has 3 rings (SSSR count). The molecule has 3 heterocycles. The number of rotatable bonds is 4. The Morgan fingerprint density at radius 3 is 2.57 bits per heavy atom. The fourth-order valence-electron chi connectivity index (χ4n) is 1.92. The molecule has 1 amide bonds. The second-order valence-corrected chi connectivity index (χ2v) is 9.22. The van der Waals surface area contributed by atoms with Crippen LogP contribution in [0.25, 0.3) is 6.08 Å².